The highest BCUT2D eigenvalue weighted by Crippen LogP contribution is 2.27. The third kappa shape index (κ3) is 1.72. The summed E-state index contributed by atoms with van der Waals surface area (Å²) < 4.78 is 0. The third-order valence-corrected chi connectivity index (χ3v) is 1.78. The third-order valence-electron chi connectivity index (χ3n) is 1.78. The van der Waals surface area contributed by atoms with E-state index < -0.39 is 5.97 Å². The molecule has 0 bridgehead atoms. The van der Waals surface area contributed by atoms with Crippen LogP contribution < -0.4 is 0 Å². The lowest BCUT2D eigenvalue weighted by atomic mass is 10.1. The predicted molar refractivity (Wildman–Crippen MR) is 46.1 cm³/mol. The number of carboxylic acid groups (broad SMARTS) is 1. The van der Waals surface area contributed by atoms with Crippen molar-refractivity contribution in [2.45, 2.75) is 13.3 Å². The fourth-order valence-corrected chi connectivity index (χ4v) is 1.11. The molecule has 0 atom stereocenters. The van der Waals surface area contributed by atoms with Gasteiger partial charge in [-0.05, 0) is 24.1 Å². The fourth-order valence-electron chi connectivity index (χ4n) is 1.11. The van der Waals surface area contributed by atoms with Gasteiger partial charge >= 0.3 is 5.97 Å². The number of aryl methyl sites for hydroxylation is 1. The van der Waals surface area contributed by atoms with E-state index in [0.717, 1.165) is 6.07 Å². The lowest BCUT2D eigenvalue weighted by Gasteiger charge is -2.05. The van der Waals surface area contributed by atoms with Crippen LogP contribution >= 0.6 is 0 Å². The molecule has 4 nitrogen and oxygen atoms in total. The minimum Gasteiger partial charge on any atom is -0.508 e. The van der Waals surface area contributed by atoms with Gasteiger partial charge in [0.25, 0.3) is 0 Å². The molecule has 0 aliphatic heterocycles. The van der Waals surface area contributed by atoms with Crippen LogP contribution in [0.2, 0.25) is 0 Å². The van der Waals surface area contributed by atoms with Crippen molar-refractivity contribution in [2.24, 2.45) is 0 Å². The smallest absolute Gasteiger partial charge is 0.339 e. The maximum atomic E-state index is 10.6. The first-order valence-electron chi connectivity index (χ1n) is 3.84. The predicted octanol–water partition coefficient (Wildman–Crippen LogP) is 1.36. The molecule has 70 valence electrons. The van der Waals surface area contributed by atoms with Crippen molar-refractivity contribution in [1.82, 2.24) is 0 Å². The molecule has 0 aliphatic rings. The molecule has 0 aliphatic carbocycles. The number of hydrogen-bond acceptors (Lipinski definition) is 3. The summed E-state index contributed by atoms with van der Waals surface area (Å²) in [5.74, 6) is -1.66. The molecule has 3 N–H and O–H groups in total. The maximum Gasteiger partial charge on any atom is 0.339 e. The molecule has 1 aromatic rings. The summed E-state index contributed by atoms with van der Waals surface area (Å²) in [5, 5.41) is 27.2. The second-order valence-corrected chi connectivity index (χ2v) is 2.66. The van der Waals surface area contributed by atoms with Crippen LogP contribution in [-0.4, -0.2) is 21.3 Å². The number of phenolic OH excluding ortho intramolecular Hbond substituents is 1. The first-order chi connectivity index (χ1) is 6.06. The van der Waals surface area contributed by atoms with Gasteiger partial charge in [0.15, 0.2) is 0 Å². The molecule has 1 aromatic carbocycles. The van der Waals surface area contributed by atoms with Crippen molar-refractivity contribution in [3.8, 4) is 11.5 Å². The monoisotopic (exact) mass is 182 g/mol. The van der Waals surface area contributed by atoms with Gasteiger partial charge in [0, 0.05) is 0 Å². The molecule has 0 saturated carbocycles. The molecule has 1 rings (SSSR count). The number of carbonyl (C=O) groups is 1. The van der Waals surface area contributed by atoms with Gasteiger partial charge in [-0.1, -0.05) is 6.92 Å². The molecule has 0 amide bonds. The van der Waals surface area contributed by atoms with Gasteiger partial charge in [-0.25, -0.2) is 4.79 Å². The Labute approximate surface area is 75.1 Å². The number of aromatic carboxylic acids is 1. The second-order valence-electron chi connectivity index (χ2n) is 2.66. The molecule has 0 fully saturated rings. The van der Waals surface area contributed by atoms with Crippen LogP contribution in [0.4, 0.5) is 0 Å². The summed E-state index contributed by atoms with van der Waals surface area (Å²) >= 11 is 0. The lowest BCUT2D eigenvalue weighted by Crippen LogP contribution is -1.98. The van der Waals surface area contributed by atoms with E-state index in [1.807, 2.05) is 0 Å². The maximum absolute atomic E-state index is 10.6. The van der Waals surface area contributed by atoms with Gasteiger partial charge in [-0.15, -0.1) is 0 Å². The molecular weight excluding hydrogens is 172 g/mol. The first-order valence-corrected chi connectivity index (χ1v) is 3.84. The van der Waals surface area contributed by atoms with Crippen molar-refractivity contribution in [3.63, 3.8) is 0 Å². The molecule has 0 aromatic heterocycles. The molecule has 0 unspecified atom stereocenters. The summed E-state index contributed by atoms with van der Waals surface area (Å²) in [5.41, 5.74) is 0.161. The molecular formula is C9H10O4. The number of rotatable bonds is 2. The van der Waals surface area contributed by atoms with Crippen LogP contribution in [0, 0.1) is 0 Å². The normalized spacial score (nSPS) is 9.92. The van der Waals surface area contributed by atoms with Crippen LogP contribution in [0.25, 0.3) is 0 Å². The number of carboxylic acids is 1. The Kier molecular flexibility index (Phi) is 2.41. The van der Waals surface area contributed by atoms with Crippen molar-refractivity contribution in [2.75, 3.05) is 0 Å². The van der Waals surface area contributed by atoms with E-state index in [9.17, 15) is 9.90 Å². The number of phenols is 2. The highest BCUT2D eigenvalue weighted by Gasteiger charge is 2.13. The minimum absolute atomic E-state index is 0.146. The number of hydrogen-bond donors (Lipinski definition) is 3. The Bertz CT molecular complexity index is 344. The highest BCUT2D eigenvalue weighted by molar-refractivity contribution is 5.91. The van der Waals surface area contributed by atoms with Gasteiger partial charge in [-0.2, -0.15) is 0 Å². The highest BCUT2D eigenvalue weighted by atomic mass is 16.4. The number of aromatic hydroxyl groups is 2. The Morgan fingerprint density at radius 3 is 2.46 bits per heavy atom. The summed E-state index contributed by atoms with van der Waals surface area (Å²) in [6, 6.07) is 2.37. The summed E-state index contributed by atoms with van der Waals surface area (Å²) in [6.45, 7) is 1.76. The zero-order valence-electron chi connectivity index (χ0n) is 7.11. The second kappa shape index (κ2) is 3.35. The van der Waals surface area contributed by atoms with Crippen molar-refractivity contribution in [3.05, 3.63) is 23.3 Å². The van der Waals surface area contributed by atoms with Gasteiger partial charge in [0.2, 0.25) is 0 Å². The Hall–Kier alpha value is -1.71. The average molecular weight is 182 g/mol. The van der Waals surface area contributed by atoms with Gasteiger partial charge < -0.3 is 15.3 Å². The summed E-state index contributed by atoms with van der Waals surface area (Å²) in [7, 11) is 0. The lowest BCUT2D eigenvalue weighted by molar-refractivity contribution is 0.0693. The van der Waals surface area contributed by atoms with Crippen LogP contribution in [0.15, 0.2) is 12.1 Å². The molecule has 0 saturated heterocycles. The van der Waals surface area contributed by atoms with Gasteiger partial charge in [0.05, 0.1) is 0 Å². The van der Waals surface area contributed by atoms with E-state index in [1.54, 1.807) is 6.92 Å². The molecule has 4 heteroatoms. The summed E-state index contributed by atoms with van der Waals surface area (Å²) in [6.07, 6.45) is 0.473. The Balaban J connectivity index is 3.35. The van der Waals surface area contributed by atoms with Crippen molar-refractivity contribution < 1.29 is 20.1 Å². The number of benzene rings is 1. The molecule has 0 spiro atoms. The summed E-state index contributed by atoms with van der Waals surface area (Å²) in [4.78, 5) is 10.6. The quantitative estimate of drug-likeness (QED) is 0.603. The van der Waals surface area contributed by atoms with Crippen LogP contribution in [-0.2, 0) is 6.42 Å². The van der Waals surface area contributed by atoms with E-state index in [-0.39, 0.29) is 17.1 Å². The van der Waals surface area contributed by atoms with Crippen LogP contribution in [0.3, 0.4) is 0 Å². The Morgan fingerprint density at radius 2 is 2.00 bits per heavy atom. The van der Waals surface area contributed by atoms with E-state index in [4.69, 9.17) is 10.2 Å². The van der Waals surface area contributed by atoms with Crippen molar-refractivity contribution >= 4 is 5.97 Å². The first kappa shape index (κ1) is 9.38. The average Bonchev–Trinajstić information content (AvgIpc) is 2.08. The SMILES string of the molecule is CCc1cc(O)cc(C(=O)O)c1O. The standard InChI is InChI=1S/C9H10O4/c1-2-5-3-6(10)4-7(8(5)11)9(12)13/h3-4,10-11H,2H2,1H3,(H,12,13). The van der Waals surface area contributed by atoms with E-state index in [0.29, 0.717) is 12.0 Å². The zero-order valence-corrected chi connectivity index (χ0v) is 7.11. The fraction of sp³-hybridized carbons (Fsp3) is 0.222. The molecule has 0 heterocycles. The van der Waals surface area contributed by atoms with Crippen LogP contribution in [0.1, 0.15) is 22.8 Å². The van der Waals surface area contributed by atoms with E-state index >= 15 is 0 Å². The van der Waals surface area contributed by atoms with Crippen molar-refractivity contribution in [1.29, 1.82) is 0 Å². The molecule has 13 heavy (non-hydrogen) atoms. The Morgan fingerprint density at radius 1 is 1.38 bits per heavy atom. The van der Waals surface area contributed by atoms with Gasteiger partial charge in [-0.3, -0.25) is 0 Å². The zero-order chi connectivity index (χ0) is 10.0. The minimum atomic E-state index is -1.25. The molecule has 0 radical (unpaired) electrons. The van der Waals surface area contributed by atoms with Crippen LogP contribution in [0.5, 0.6) is 11.5 Å². The van der Waals surface area contributed by atoms with E-state index in [2.05, 4.69) is 0 Å². The van der Waals surface area contributed by atoms with E-state index in [1.165, 1.54) is 6.07 Å². The van der Waals surface area contributed by atoms with Gasteiger partial charge in [0.1, 0.15) is 17.1 Å². The largest absolute Gasteiger partial charge is 0.508 e. The topological polar surface area (TPSA) is 77.8 Å².